The Bertz CT molecular complexity index is 296. The molecule has 1 heterocycles. The molecule has 0 bridgehead atoms. The van der Waals surface area contributed by atoms with Crippen LogP contribution in [0.1, 0.15) is 39.4 Å². The van der Waals surface area contributed by atoms with Gasteiger partial charge in [-0.2, -0.15) is 5.10 Å². The summed E-state index contributed by atoms with van der Waals surface area (Å²) in [4.78, 5) is 0. The lowest BCUT2D eigenvalue weighted by Crippen LogP contribution is -2.27. The van der Waals surface area contributed by atoms with Gasteiger partial charge in [-0.05, 0) is 43.6 Å². The van der Waals surface area contributed by atoms with Crippen molar-refractivity contribution in [3.8, 4) is 0 Å². The van der Waals surface area contributed by atoms with Crippen LogP contribution in [0.2, 0.25) is 0 Å². The Morgan fingerprint density at radius 3 is 2.38 bits per heavy atom. The van der Waals surface area contributed by atoms with Gasteiger partial charge in [0.05, 0.1) is 21.9 Å². The first-order valence-corrected chi connectivity index (χ1v) is 5.13. The van der Waals surface area contributed by atoms with Gasteiger partial charge in [0.2, 0.25) is 0 Å². The number of hydrogen-bond donors (Lipinski definition) is 1. The van der Waals surface area contributed by atoms with Gasteiger partial charge < -0.3 is 5.73 Å². The molecule has 0 radical (unpaired) electrons. The van der Waals surface area contributed by atoms with Crippen molar-refractivity contribution in [3.63, 3.8) is 0 Å². The van der Waals surface area contributed by atoms with Gasteiger partial charge in [-0.15, -0.1) is 0 Å². The Morgan fingerprint density at radius 2 is 2.08 bits per heavy atom. The van der Waals surface area contributed by atoms with Crippen LogP contribution in [0.5, 0.6) is 0 Å². The van der Waals surface area contributed by atoms with E-state index in [9.17, 15) is 0 Å². The van der Waals surface area contributed by atoms with E-state index in [1.54, 1.807) is 6.20 Å². The van der Waals surface area contributed by atoms with Crippen LogP contribution in [0.15, 0.2) is 10.7 Å². The molecule has 74 valence electrons. The van der Waals surface area contributed by atoms with E-state index in [1.807, 2.05) is 11.6 Å². The topological polar surface area (TPSA) is 43.8 Å². The molecule has 3 nitrogen and oxygen atoms in total. The highest BCUT2D eigenvalue weighted by Crippen LogP contribution is 2.26. The number of halogens is 1. The third-order valence-corrected chi connectivity index (χ3v) is 2.44. The molecule has 0 aliphatic heterocycles. The van der Waals surface area contributed by atoms with Crippen molar-refractivity contribution in [3.05, 3.63) is 16.4 Å². The van der Waals surface area contributed by atoms with Gasteiger partial charge in [0.15, 0.2) is 0 Å². The maximum absolute atomic E-state index is 5.87. The molecule has 1 aromatic heterocycles. The molecule has 0 saturated carbocycles. The minimum absolute atomic E-state index is 0.00361. The molecule has 0 aliphatic carbocycles. The Balaban J connectivity index is 3.23. The maximum Gasteiger partial charge on any atom is 0.0696 e. The van der Waals surface area contributed by atoms with Gasteiger partial charge in [0.1, 0.15) is 0 Å². The van der Waals surface area contributed by atoms with E-state index in [4.69, 9.17) is 5.73 Å². The second-order valence-corrected chi connectivity index (χ2v) is 5.10. The first-order valence-electron chi connectivity index (χ1n) is 4.33. The molecular weight excluding hydrogens is 230 g/mol. The van der Waals surface area contributed by atoms with E-state index < -0.39 is 0 Å². The van der Waals surface area contributed by atoms with Crippen LogP contribution in [-0.2, 0) is 5.54 Å². The summed E-state index contributed by atoms with van der Waals surface area (Å²) < 4.78 is 2.94. The summed E-state index contributed by atoms with van der Waals surface area (Å²) in [7, 11) is 0. The Hall–Kier alpha value is -0.350. The highest BCUT2D eigenvalue weighted by Gasteiger charge is 2.21. The Labute approximate surface area is 87.4 Å². The number of aromatic nitrogens is 2. The van der Waals surface area contributed by atoms with Crippen molar-refractivity contribution in [2.24, 2.45) is 5.73 Å². The molecule has 0 saturated heterocycles. The molecule has 1 atom stereocenters. The van der Waals surface area contributed by atoms with E-state index in [1.165, 1.54) is 0 Å². The van der Waals surface area contributed by atoms with Gasteiger partial charge in [-0.25, -0.2) is 0 Å². The van der Waals surface area contributed by atoms with Crippen molar-refractivity contribution in [1.29, 1.82) is 0 Å². The molecule has 0 aliphatic rings. The summed E-state index contributed by atoms with van der Waals surface area (Å²) in [6.45, 7) is 8.29. The minimum Gasteiger partial charge on any atom is -0.323 e. The fourth-order valence-electron chi connectivity index (χ4n) is 1.28. The van der Waals surface area contributed by atoms with Gasteiger partial charge in [0.25, 0.3) is 0 Å². The highest BCUT2D eigenvalue weighted by atomic mass is 79.9. The Morgan fingerprint density at radius 1 is 1.54 bits per heavy atom. The molecular formula is C9H16BrN3. The molecule has 1 rings (SSSR count). The standard InChI is InChI=1S/C9H16BrN3/c1-6(11)8-7(10)5-12-13(8)9(2,3)4/h5-6H,11H2,1-4H3. The number of nitrogens with zero attached hydrogens (tertiary/aromatic N) is 2. The molecule has 0 amide bonds. The molecule has 1 aromatic rings. The summed E-state index contributed by atoms with van der Waals surface area (Å²) in [5.74, 6) is 0. The Kier molecular flexibility index (Phi) is 2.82. The van der Waals surface area contributed by atoms with Crippen molar-refractivity contribution in [2.45, 2.75) is 39.3 Å². The fraction of sp³-hybridized carbons (Fsp3) is 0.667. The molecule has 4 heteroatoms. The van der Waals surface area contributed by atoms with Crippen molar-refractivity contribution >= 4 is 15.9 Å². The van der Waals surface area contributed by atoms with E-state index in [0.29, 0.717) is 0 Å². The first kappa shape index (κ1) is 10.7. The van der Waals surface area contributed by atoms with E-state index in [-0.39, 0.29) is 11.6 Å². The van der Waals surface area contributed by atoms with Crippen LogP contribution in [0.25, 0.3) is 0 Å². The number of rotatable bonds is 1. The van der Waals surface area contributed by atoms with E-state index >= 15 is 0 Å². The summed E-state index contributed by atoms with van der Waals surface area (Å²) in [5, 5.41) is 4.30. The average molecular weight is 246 g/mol. The van der Waals surface area contributed by atoms with Crippen LogP contribution in [0.4, 0.5) is 0 Å². The lowest BCUT2D eigenvalue weighted by molar-refractivity contribution is 0.337. The van der Waals surface area contributed by atoms with Crippen LogP contribution < -0.4 is 5.73 Å². The van der Waals surface area contributed by atoms with Gasteiger partial charge in [-0.1, -0.05) is 0 Å². The molecule has 0 fully saturated rings. The summed E-state index contributed by atoms with van der Waals surface area (Å²) >= 11 is 3.45. The summed E-state index contributed by atoms with van der Waals surface area (Å²) in [6, 6.07) is -0.00361. The zero-order valence-electron chi connectivity index (χ0n) is 8.50. The fourth-order valence-corrected chi connectivity index (χ4v) is 1.90. The SMILES string of the molecule is CC(N)c1c(Br)cnn1C(C)(C)C. The highest BCUT2D eigenvalue weighted by molar-refractivity contribution is 9.10. The average Bonchev–Trinajstić information content (AvgIpc) is 2.28. The third kappa shape index (κ3) is 2.11. The third-order valence-electron chi connectivity index (χ3n) is 1.83. The predicted molar refractivity (Wildman–Crippen MR) is 57.5 cm³/mol. The molecule has 0 spiro atoms. The van der Waals surface area contributed by atoms with Gasteiger partial charge in [0, 0.05) is 6.04 Å². The largest absolute Gasteiger partial charge is 0.323 e. The van der Waals surface area contributed by atoms with Crippen molar-refractivity contribution in [2.75, 3.05) is 0 Å². The van der Waals surface area contributed by atoms with Crippen LogP contribution in [0, 0.1) is 0 Å². The second kappa shape index (κ2) is 3.42. The lowest BCUT2D eigenvalue weighted by Gasteiger charge is -2.24. The zero-order valence-corrected chi connectivity index (χ0v) is 10.1. The van der Waals surface area contributed by atoms with Crippen LogP contribution in [-0.4, -0.2) is 9.78 Å². The summed E-state index contributed by atoms with van der Waals surface area (Å²) in [6.07, 6.45) is 1.80. The normalized spacial score (nSPS) is 14.6. The van der Waals surface area contributed by atoms with Gasteiger partial charge in [-0.3, -0.25) is 4.68 Å². The smallest absolute Gasteiger partial charge is 0.0696 e. The molecule has 13 heavy (non-hydrogen) atoms. The van der Waals surface area contributed by atoms with Crippen molar-refractivity contribution in [1.82, 2.24) is 9.78 Å². The molecule has 0 aromatic carbocycles. The monoisotopic (exact) mass is 245 g/mol. The predicted octanol–water partition coefficient (Wildman–Crippen LogP) is 2.42. The zero-order chi connectivity index (χ0) is 10.2. The van der Waals surface area contributed by atoms with E-state index in [2.05, 4.69) is 41.8 Å². The second-order valence-electron chi connectivity index (χ2n) is 4.25. The van der Waals surface area contributed by atoms with Gasteiger partial charge >= 0.3 is 0 Å². The van der Waals surface area contributed by atoms with Crippen LogP contribution in [0.3, 0.4) is 0 Å². The van der Waals surface area contributed by atoms with Crippen molar-refractivity contribution < 1.29 is 0 Å². The van der Waals surface area contributed by atoms with E-state index in [0.717, 1.165) is 10.2 Å². The lowest BCUT2D eigenvalue weighted by atomic mass is 10.1. The first-order chi connectivity index (χ1) is 5.84. The maximum atomic E-state index is 5.87. The van der Waals surface area contributed by atoms with Crippen LogP contribution >= 0.6 is 15.9 Å². The quantitative estimate of drug-likeness (QED) is 0.826. The molecule has 2 N–H and O–H groups in total. The number of hydrogen-bond acceptors (Lipinski definition) is 2. The summed E-state index contributed by atoms with van der Waals surface area (Å²) in [5.41, 5.74) is 6.90. The minimum atomic E-state index is -0.0189. The molecule has 1 unspecified atom stereocenters. The number of nitrogens with two attached hydrogens (primary N) is 1.